The molecule has 0 spiro atoms. The Labute approximate surface area is 335 Å². The molecule has 272 valence electrons. The molecule has 0 N–H and O–H groups in total. The number of fused-ring (bicyclic) bond motifs is 4. The molecule has 1 aliphatic carbocycles. The van der Waals surface area contributed by atoms with Crippen LogP contribution in [0.15, 0.2) is 218 Å². The van der Waals surface area contributed by atoms with Crippen LogP contribution >= 0.6 is 0 Å². The Hall–Kier alpha value is -7.16. The molecule has 0 saturated carbocycles. The molecular weight excluding hydrogens is 689 g/mol. The number of benzene rings is 9. The molecule has 2 heteroatoms. The molecule has 0 atom stereocenters. The highest BCUT2D eigenvalue weighted by Crippen LogP contribution is 2.59. The number of hydrogen-bond donors (Lipinski definition) is 0. The number of para-hydroxylation sites is 2. The van der Waals surface area contributed by atoms with Gasteiger partial charge in [-0.2, -0.15) is 0 Å². The molecule has 0 aromatic heterocycles. The molecule has 9 aromatic rings. The van der Waals surface area contributed by atoms with E-state index in [-0.39, 0.29) is 5.41 Å². The van der Waals surface area contributed by atoms with Gasteiger partial charge in [0, 0.05) is 39.1 Å². The normalized spacial score (nSPS) is 12.5. The van der Waals surface area contributed by atoms with Crippen LogP contribution in [0, 0.1) is 0 Å². The van der Waals surface area contributed by atoms with Gasteiger partial charge >= 0.3 is 0 Å². The van der Waals surface area contributed by atoms with Crippen molar-refractivity contribution in [3.8, 4) is 33.4 Å². The van der Waals surface area contributed by atoms with E-state index in [0.29, 0.717) is 0 Å². The zero-order chi connectivity index (χ0) is 38.3. The first-order chi connectivity index (χ1) is 28.1. The van der Waals surface area contributed by atoms with Crippen LogP contribution in [-0.4, -0.2) is 0 Å². The molecule has 10 rings (SSSR count). The fourth-order valence-electron chi connectivity index (χ4n) is 8.91. The minimum Gasteiger partial charge on any atom is -0.310 e. The second-order valence-electron chi connectivity index (χ2n) is 15.4. The van der Waals surface area contributed by atoms with Crippen LogP contribution in [0.1, 0.15) is 25.0 Å². The lowest BCUT2D eigenvalue weighted by Gasteiger charge is -2.32. The first kappa shape index (κ1) is 34.3. The Balaban J connectivity index is 1.21. The van der Waals surface area contributed by atoms with Gasteiger partial charge in [0.05, 0.1) is 11.4 Å². The van der Waals surface area contributed by atoms with Gasteiger partial charge in [0.2, 0.25) is 0 Å². The van der Waals surface area contributed by atoms with Crippen LogP contribution in [0.25, 0.3) is 44.2 Å². The van der Waals surface area contributed by atoms with Gasteiger partial charge in [0.25, 0.3) is 0 Å². The molecule has 0 saturated heterocycles. The Morgan fingerprint density at radius 3 is 1.37 bits per heavy atom. The Morgan fingerprint density at radius 1 is 0.368 bits per heavy atom. The lowest BCUT2D eigenvalue weighted by molar-refractivity contribution is 0.661. The summed E-state index contributed by atoms with van der Waals surface area (Å²) in [6.45, 7) is 4.81. The standard InChI is InChI=1S/C55H42N2/c1-55(2)50-38-43-22-15-16-27-48(43)54(57(45-25-13-6-14-26-45)47-36-32-42(33-37-47)40-20-9-4-10-21-40)52(50)49-28-17-29-51(53(49)55)56(44-23-11-5-12-24-44)46-34-30-41(31-35-46)39-18-7-3-8-19-39/h3-38H,1-2H3. The van der Waals surface area contributed by atoms with E-state index in [9.17, 15) is 0 Å². The lowest BCUT2D eigenvalue weighted by atomic mass is 9.80. The van der Waals surface area contributed by atoms with E-state index in [2.05, 4.69) is 242 Å². The van der Waals surface area contributed by atoms with Crippen molar-refractivity contribution in [1.29, 1.82) is 0 Å². The third-order valence-electron chi connectivity index (χ3n) is 11.6. The molecule has 0 aliphatic heterocycles. The molecule has 0 heterocycles. The van der Waals surface area contributed by atoms with E-state index in [1.54, 1.807) is 0 Å². The molecule has 57 heavy (non-hydrogen) atoms. The SMILES string of the molecule is CC1(C)c2cc3ccccc3c(N(c3ccccc3)c3ccc(-c4ccccc4)cc3)c2-c2cccc(N(c3ccccc3)c3ccc(-c4ccccc4)cc3)c21. The Morgan fingerprint density at radius 2 is 0.807 bits per heavy atom. The second kappa shape index (κ2) is 14.2. The van der Waals surface area contributed by atoms with Crippen molar-refractivity contribution in [2.24, 2.45) is 0 Å². The Kier molecular flexibility index (Phi) is 8.53. The van der Waals surface area contributed by atoms with E-state index in [1.807, 2.05) is 0 Å². The summed E-state index contributed by atoms with van der Waals surface area (Å²) in [5.74, 6) is 0. The first-order valence-corrected chi connectivity index (χ1v) is 19.8. The second-order valence-corrected chi connectivity index (χ2v) is 15.4. The maximum absolute atomic E-state index is 2.48. The van der Waals surface area contributed by atoms with Crippen LogP contribution < -0.4 is 9.80 Å². The fourth-order valence-corrected chi connectivity index (χ4v) is 8.91. The summed E-state index contributed by atoms with van der Waals surface area (Å²) in [7, 11) is 0. The fraction of sp³-hybridized carbons (Fsp3) is 0.0545. The molecule has 1 aliphatic rings. The van der Waals surface area contributed by atoms with Crippen molar-refractivity contribution in [2.45, 2.75) is 19.3 Å². The van der Waals surface area contributed by atoms with Crippen LogP contribution in [0.2, 0.25) is 0 Å². The largest absolute Gasteiger partial charge is 0.310 e. The maximum Gasteiger partial charge on any atom is 0.0621 e. The zero-order valence-corrected chi connectivity index (χ0v) is 32.2. The molecule has 0 bridgehead atoms. The predicted molar refractivity (Wildman–Crippen MR) is 242 cm³/mol. The van der Waals surface area contributed by atoms with E-state index in [0.717, 1.165) is 22.7 Å². The van der Waals surface area contributed by atoms with E-state index in [1.165, 1.54) is 66.7 Å². The van der Waals surface area contributed by atoms with Gasteiger partial charge in [0.1, 0.15) is 0 Å². The molecule has 0 amide bonds. The quantitative estimate of drug-likeness (QED) is 0.154. The van der Waals surface area contributed by atoms with Crippen LogP contribution in [0.5, 0.6) is 0 Å². The van der Waals surface area contributed by atoms with Crippen molar-refractivity contribution >= 4 is 44.9 Å². The number of hydrogen-bond acceptors (Lipinski definition) is 2. The minimum atomic E-state index is -0.323. The molecule has 0 fully saturated rings. The highest BCUT2D eigenvalue weighted by atomic mass is 15.2. The summed E-state index contributed by atoms with van der Waals surface area (Å²) in [6, 6.07) is 79.2. The summed E-state index contributed by atoms with van der Waals surface area (Å²) in [5.41, 5.74) is 16.5. The Bertz CT molecular complexity index is 2830. The van der Waals surface area contributed by atoms with Crippen molar-refractivity contribution in [1.82, 2.24) is 0 Å². The molecule has 2 nitrogen and oxygen atoms in total. The van der Waals surface area contributed by atoms with E-state index < -0.39 is 0 Å². The molecular formula is C55H42N2. The summed E-state index contributed by atoms with van der Waals surface area (Å²) in [4.78, 5) is 4.92. The van der Waals surface area contributed by atoms with Crippen molar-refractivity contribution in [3.05, 3.63) is 230 Å². The van der Waals surface area contributed by atoms with Crippen LogP contribution in [0.4, 0.5) is 34.1 Å². The third-order valence-corrected chi connectivity index (χ3v) is 11.6. The van der Waals surface area contributed by atoms with Crippen molar-refractivity contribution in [3.63, 3.8) is 0 Å². The number of anilines is 6. The lowest BCUT2D eigenvalue weighted by Crippen LogP contribution is -2.21. The van der Waals surface area contributed by atoms with Gasteiger partial charge in [-0.25, -0.2) is 0 Å². The smallest absolute Gasteiger partial charge is 0.0621 e. The van der Waals surface area contributed by atoms with Gasteiger partial charge in [0.15, 0.2) is 0 Å². The summed E-state index contributed by atoms with van der Waals surface area (Å²) < 4.78 is 0. The third kappa shape index (κ3) is 5.98. The van der Waals surface area contributed by atoms with Gasteiger partial charge < -0.3 is 9.80 Å². The summed E-state index contributed by atoms with van der Waals surface area (Å²) >= 11 is 0. The minimum absolute atomic E-state index is 0.323. The maximum atomic E-state index is 2.48. The van der Waals surface area contributed by atoms with Gasteiger partial charge in [-0.1, -0.05) is 172 Å². The number of rotatable bonds is 8. The first-order valence-electron chi connectivity index (χ1n) is 19.8. The van der Waals surface area contributed by atoms with Gasteiger partial charge in [-0.3, -0.25) is 0 Å². The van der Waals surface area contributed by atoms with E-state index in [4.69, 9.17) is 0 Å². The zero-order valence-electron chi connectivity index (χ0n) is 32.2. The van der Waals surface area contributed by atoms with Crippen LogP contribution in [0.3, 0.4) is 0 Å². The average molecular weight is 731 g/mol. The van der Waals surface area contributed by atoms with Gasteiger partial charge in [-0.15, -0.1) is 0 Å². The van der Waals surface area contributed by atoms with Crippen molar-refractivity contribution in [2.75, 3.05) is 9.80 Å². The highest BCUT2D eigenvalue weighted by Gasteiger charge is 2.42. The van der Waals surface area contributed by atoms with Crippen LogP contribution in [-0.2, 0) is 5.41 Å². The predicted octanol–water partition coefficient (Wildman–Crippen LogP) is 15.4. The molecule has 9 aromatic carbocycles. The van der Waals surface area contributed by atoms with Gasteiger partial charge in [-0.05, 0) is 105 Å². The topological polar surface area (TPSA) is 6.48 Å². The average Bonchev–Trinajstić information content (AvgIpc) is 3.51. The number of nitrogens with zero attached hydrogens (tertiary/aromatic N) is 2. The van der Waals surface area contributed by atoms with Crippen molar-refractivity contribution < 1.29 is 0 Å². The monoisotopic (exact) mass is 730 g/mol. The summed E-state index contributed by atoms with van der Waals surface area (Å²) in [5, 5.41) is 2.45. The molecule has 0 unspecified atom stereocenters. The highest BCUT2D eigenvalue weighted by molar-refractivity contribution is 6.10. The van der Waals surface area contributed by atoms with E-state index >= 15 is 0 Å². The molecule has 0 radical (unpaired) electrons. The summed E-state index contributed by atoms with van der Waals surface area (Å²) in [6.07, 6.45) is 0.